The summed E-state index contributed by atoms with van der Waals surface area (Å²) in [5.74, 6) is -0.00497. The van der Waals surface area contributed by atoms with E-state index in [1.807, 2.05) is 29.8 Å². The first-order chi connectivity index (χ1) is 16.5. The number of sulfonamides is 1. The highest BCUT2D eigenvalue weighted by molar-refractivity contribution is 7.89. The molecular formula is C26H40N4O3S. The van der Waals surface area contributed by atoms with Crippen molar-refractivity contribution in [3.63, 3.8) is 0 Å². The number of hydrogen-bond donors (Lipinski definition) is 1. The Kier molecular flexibility index (Phi) is 8.66. The van der Waals surface area contributed by atoms with Crippen LogP contribution in [0.5, 0.6) is 0 Å². The van der Waals surface area contributed by atoms with Crippen molar-refractivity contribution in [2.75, 3.05) is 39.3 Å². The third-order valence-electron chi connectivity index (χ3n) is 7.34. The largest absolute Gasteiger partial charge is 0.354 e. The van der Waals surface area contributed by atoms with E-state index in [2.05, 4.69) is 10.2 Å². The summed E-state index contributed by atoms with van der Waals surface area (Å²) in [4.78, 5) is 15.7. The zero-order valence-electron chi connectivity index (χ0n) is 20.5. The van der Waals surface area contributed by atoms with Gasteiger partial charge in [0.2, 0.25) is 15.9 Å². The van der Waals surface area contributed by atoms with Gasteiger partial charge in [-0.2, -0.15) is 4.31 Å². The third-order valence-corrected chi connectivity index (χ3v) is 9.24. The van der Waals surface area contributed by atoms with E-state index in [0.717, 1.165) is 49.6 Å². The quantitative estimate of drug-likeness (QED) is 0.567. The average molecular weight is 489 g/mol. The van der Waals surface area contributed by atoms with Gasteiger partial charge < -0.3 is 14.8 Å². The van der Waals surface area contributed by atoms with Crippen LogP contribution >= 0.6 is 0 Å². The Hall–Kier alpha value is -1.90. The number of nitrogens with zero attached hydrogens (tertiary/aromatic N) is 3. The minimum Gasteiger partial charge on any atom is -0.354 e. The first-order valence-electron chi connectivity index (χ1n) is 13.1. The van der Waals surface area contributed by atoms with Gasteiger partial charge in [-0.3, -0.25) is 4.79 Å². The summed E-state index contributed by atoms with van der Waals surface area (Å²) in [6.07, 6.45) is 12.1. The van der Waals surface area contributed by atoms with Gasteiger partial charge >= 0.3 is 0 Å². The molecule has 1 N–H and O–H groups in total. The number of benzene rings is 1. The molecule has 2 saturated heterocycles. The number of amides is 1. The Bertz CT molecular complexity index is 1050. The van der Waals surface area contributed by atoms with Crippen LogP contribution in [0.3, 0.4) is 0 Å². The van der Waals surface area contributed by atoms with Crippen molar-refractivity contribution in [3.05, 3.63) is 30.5 Å². The van der Waals surface area contributed by atoms with Crippen LogP contribution < -0.4 is 5.32 Å². The highest BCUT2D eigenvalue weighted by atomic mass is 32.2. The number of carbonyl (C=O) groups is 1. The topological polar surface area (TPSA) is 74.6 Å². The fourth-order valence-electron chi connectivity index (χ4n) is 5.22. The molecule has 0 saturated carbocycles. The number of nitrogens with one attached hydrogen (secondary N) is 1. The fourth-order valence-corrected chi connectivity index (χ4v) is 6.77. The van der Waals surface area contributed by atoms with E-state index in [0.29, 0.717) is 24.5 Å². The molecule has 1 unspecified atom stereocenters. The average Bonchev–Trinajstić information content (AvgIpc) is 3.02. The van der Waals surface area contributed by atoms with E-state index in [9.17, 15) is 13.2 Å². The molecule has 3 heterocycles. The zero-order chi connectivity index (χ0) is 24.0. The van der Waals surface area contributed by atoms with E-state index >= 15 is 0 Å². The summed E-state index contributed by atoms with van der Waals surface area (Å²) in [6.45, 7) is 7.15. The Labute approximate surface area is 204 Å². The van der Waals surface area contributed by atoms with Crippen molar-refractivity contribution < 1.29 is 13.2 Å². The zero-order valence-corrected chi connectivity index (χ0v) is 21.4. The molecule has 2 aromatic rings. The summed E-state index contributed by atoms with van der Waals surface area (Å²) in [7, 11) is -3.49. The number of hydrogen-bond acceptors (Lipinski definition) is 4. The molecule has 4 rings (SSSR count). The van der Waals surface area contributed by atoms with Crippen molar-refractivity contribution in [1.82, 2.24) is 19.1 Å². The molecule has 2 fully saturated rings. The molecule has 0 spiro atoms. The molecule has 34 heavy (non-hydrogen) atoms. The van der Waals surface area contributed by atoms with Crippen molar-refractivity contribution in [2.45, 2.75) is 75.6 Å². The van der Waals surface area contributed by atoms with Gasteiger partial charge in [-0.15, -0.1) is 0 Å². The molecular weight excluding hydrogens is 448 g/mol. The maximum atomic E-state index is 13.2. The van der Waals surface area contributed by atoms with Gasteiger partial charge in [0, 0.05) is 36.7 Å². The SMILES string of the molecule is CC(C(=O)NCCCN1CCCCCC1)n1ccc2cc(S(=O)(=O)N3CCCCCC3)ccc21. The summed E-state index contributed by atoms with van der Waals surface area (Å²) >= 11 is 0. The van der Waals surface area contributed by atoms with Crippen LogP contribution in [0.1, 0.15) is 70.8 Å². The lowest BCUT2D eigenvalue weighted by Gasteiger charge is -2.21. The number of aromatic nitrogens is 1. The van der Waals surface area contributed by atoms with Crippen LogP contribution in [-0.2, 0) is 14.8 Å². The van der Waals surface area contributed by atoms with Crippen molar-refractivity contribution >= 4 is 26.8 Å². The third kappa shape index (κ3) is 6.01. The second kappa shape index (κ2) is 11.7. The number of rotatable bonds is 8. The molecule has 1 aromatic carbocycles. The molecule has 2 aliphatic heterocycles. The van der Waals surface area contributed by atoms with Crippen LogP contribution in [0.15, 0.2) is 35.4 Å². The van der Waals surface area contributed by atoms with Gasteiger partial charge in [0.15, 0.2) is 0 Å². The normalized spacial score (nSPS) is 20.0. The standard InChI is InChI=1S/C26H40N4O3S/c1-22(26(31)27-14-10-17-28-15-6-2-3-7-16-28)30-20-13-23-21-24(11-12-25(23)30)34(32,33)29-18-8-4-5-9-19-29/h11-13,20-22H,2-10,14-19H2,1H3,(H,27,31). The number of fused-ring (bicyclic) bond motifs is 1. The van der Waals surface area contributed by atoms with Crippen LogP contribution in [-0.4, -0.2) is 67.4 Å². The molecule has 2 aliphatic rings. The van der Waals surface area contributed by atoms with Gasteiger partial charge in [-0.1, -0.05) is 25.7 Å². The summed E-state index contributed by atoms with van der Waals surface area (Å²) < 4.78 is 29.9. The molecule has 0 bridgehead atoms. The van der Waals surface area contributed by atoms with E-state index in [-0.39, 0.29) is 11.9 Å². The van der Waals surface area contributed by atoms with Gasteiger partial charge in [0.25, 0.3) is 0 Å². The minimum atomic E-state index is -3.49. The second-order valence-electron chi connectivity index (χ2n) is 9.84. The van der Waals surface area contributed by atoms with E-state index < -0.39 is 10.0 Å². The first-order valence-corrected chi connectivity index (χ1v) is 14.5. The maximum Gasteiger partial charge on any atom is 0.243 e. The highest BCUT2D eigenvalue weighted by Gasteiger charge is 2.26. The smallest absolute Gasteiger partial charge is 0.243 e. The summed E-state index contributed by atoms with van der Waals surface area (Å²) in [5.41, 5.74) is 0.877. The molecule has 0 aliphatic carbocycles. The molecule has 1 amide bonds. The predicted molar refractivity (Wildman–Crippen MR) is 136 cm³/mol. The Balaban J connectivity index is 1.36. The van der Waals surface area contributed by atoms with E-state index in [4.69, 9.17) is 0 Å². The maximum absolute atomic E-state index is 13.2. The van der Waals surface area contributed by atoms with Gasteiger partial charge in [-0.25, -0.2) is 8.42 Å². The molecule has 188 valence electrons. The second-order valence-corrected chi connectivity index (χ2v) is 11.8. The van der Waals surface area contributed by atoms with Crippen LogP contribution in [0.2, 0.25) is 0 Å². The summed E-state index contributed by atoms with van der Waals surface area (Å²) in [5, 5.41) is 3.93. The number of likely N-dealkylation sites (tertiary alicyclic amines) is 1. The van der Waals surface area contributed by atoms with Crippen LogP contribution in [0, 0.1) is 0 Å². The molecule has 8 heteroatoms. The number of carbonyl (C=O) groups excluding carboxylic acids is 1. The Morgan fingerprint density at radius 2 is 1.59 bits per heavy atom. The van der Waals surface area contributed by atoms with E-state index in [1.54, 1.807) is 16.4 Å². The first kappa shape index (κ1) is 25.2. The van der Waals surface area contributed by atoms with E-state index in [1.165, 1.54) is 38.8 Å². The highest BCUT2D eigenvalue weighted by Crippen LogP contribution is 2.26. The van der Waals surface area contributed by atoms with Crippen LogP contribution in [0.4, 0.5) is 0 Å². The van der Waals surface area contributed by atoms with Gasteiger partial charge in [0.1, 0.15) is 6.04 Å². The van der Waals surface area contributed by atoms with Crippen molar-refractivity contribution in [3.8, 4) is 0 Å². The van der Waals surface area contributed by atoms with Crippen LogP contribution in [0.25, 0.3) is 10.9 Å². The fraction of sp³-hybridized carbons (Fsp3) is 0.654. The van der Waals surface area contributed by atoms with Gasteiger partial charge in [-0.05, 0) is 82.9 Å². The lowest BCUT2D eigenvalue weighted by molar-refractivity contribution is -0.123. The van der Waals surface area contributed by atoms with Crippen molar-refractivity contribution in [1.29, 1.82) is 0 Å². The summed E-state index contributed by atoms with van der Waals surface area (Å²) in [6, 6.07) is 6.81. The molecule has 1 atom stereocenters. The van der Waals surface area contributed by atoms with Crippen molar-refractivity contribution in [2.24, 2.45) is 0 Å². The molecule has 0 radical (unpaired) electrons. The Morgan fingerprint density at radius 1 is 0.941 bits per heavy atom. The minimum absolute atomic E-state index is 0.00497. The van der Waals surface area contributed by atoms with Gasteiger partial charge in [0.05, 0.1) is 4.90 Å². The lowest BCUT2D eigenvalue weighted by atomic mass is 10.2. The Morgan fingerprint density at radius 3 is 2.26 bits per heavy atom. The lowest BCUT2D eigenvalue weighted by Crippen LogP contribution is -2.34. The monoisotopic (exact) mass is 488 g/mol. The predicted octanol–water partition coefficient (Wildman–Crippen LogP) is 4.15. The molecule has 7 nitrogen and oxygen atoms in total. The molecule has 1 aromatic heterocycles.